The molecule has 0 N–H and O–H groups in total. The van der Waals surface area contributed by atoms with E-state index in [0.717, 1.165) is 28.7 Å². The molecule has 94 valence electrons. The van der Waals surface area contributed by atoms with Crippen LogP contribution in [0, 0.1) is 3.70 Å². The molecular weight excluding hydrogens is 331 g/mol. The number of ether oxygens (including phenoxy) is 1. The molecule has 17 heavy (non-hydrogen) atoms. The summed E-state index contributed by atoms with van der Waals surface area (Å²) in [4.78, 5) is 12.0. The number of rotatable bonds is 0. The SMILES string of the molecule is CC(C)(C)OC(=O)n1nc(I)c2c1CCCC2. The van der Waals surface area contributed by atoms with Crippen LogP contribution in [0.2, 0.25) is 0 Å². The summed E-state index contributed by atoms with van der Waals surface area (Å²) < 4.78 is 7.74. The van der Waals surface area contributed by atoms with E-state index in [1.165, 1.54) is 16.7 Å². The lowest BCUT2D eigenvalue weighted by Crippen LogP contribution is -2.29. The fourth-order valence-electron chi connectivity index (χ4n) is 2.01. The third kappa shape index (κ3) is 2.81. The molecule has 0 saturated heterocycles. The number of nitrogens with zero attached hydrogens (tertiary/aromatic N) is 2. The number of halogens is 1. The molecule has 0 bridgehead atoms. The molecule has 0 amide bonds. The van der Waals surface area contributed by atoms with Crippen LogP contribution >= 0.6 is 22.6 Å². The van der Waals surface area contributed by atoms with Gasteiger partial charge < -0.3 is 4.74 Å². The highest BCUT2D eigenvalue weighted by Gasteiger charge is 2.26. The van der Waals surface area contributed by atoms with Crippen LogP contribution in [0.15, 0.2) is 0 Å². The van der Waals surface area contributed by atoms with Gasteiger partial charge in [0.15, 0.2) is 0 Å². The zero-order valence-electron chi connectivity index (χ0n) is 10.4. The highest BCUT2D eigenvalue weighted by Crippen LogP contribution is 2.26. The number of carbonyl (C=O) groups excluding carboxylic acids is 1. The van der Waals surface area contributed by atoms with Crippen molar-refractivity contribution in [2.75, 3.05) is 0 Å². The van der Waals surface area contributed by atoms with Crippen molar-refractivity contribution in [1.29, 1.82) is 0 Å². The van der Waals surface area contributed by atoms with Crippen LogP contribution < -0.4 is 0 Å². The first-order valence-electron chi connectivity index (χ1n) is 5.88. The molecule has 0 atom stereocenters. The summed E-state index contributed by atoms with van der Waals surface area (Å²) in [5, 5.41) is 4.31. The van der Waals surface area contributed by atoms with Crippen LogP contribution in [0.5, 0.6) is 0 Å². The Kier molecular flexibility index (Phi) is 3.47. The Labute approximate surface area is 115 Å². The van der Waals surface area contributed by atoms with E-state index in [0.29, 0.717) is 0 Å². The lowest BCUT2D eigenvalue weighted by Gasteiger charge is -2.20. The van der Waals surface area contributed by atoms with E-state index in [9.17, 15) is 4.79 Å². The van der Waals surface area contributed by atoms with Gasteiger partial charge in [-0.3, -0.25) is 0 Å². The Balaban J connectivity index is 2.30. The zero-order valence-corrected chi connectivity index (χ0v) is 12.6. The zero-order chi connectivity index (χ0) is 12.6. The van der Waals surface area contributed by atoms with Crippen molar-refractivity contribution in [3.8, 4) is 0 Å². The van der Waals surface area contributed by atoms with Crippen LogP contribution in [-0.2, 0) is 17.6 Å². The average molecular weight is 348 g/mol. The van der Waals surface area contributed by atoms with E-state index in [4.69, 9.17) is 4.74 Å². The first kappa shape index (κ1) is 12.9. The molecule has 0 unspecified atom stereocenters. The highest BCUT2D eigenvalue weighted by molar-refractivity contribution is 14.1. The number of hydrogen-bond donors (Lipinski definition) is 0. The molecule has 2 rings (SSSR count). The smallest absolute Gasteiger partial charge is 0.435 e. The Hall–Kier alpha value is -0.590. The second-order valence-electron chi connectivity index (χ2n) is 5.32. The third-order valence-electron chi connectivity index (χ3n) is 2.70. The van der Waals surface area contributed by atoms with Gasteiger partial charge in [0.1, 0.15) is 9.30 Å². The molecule has 0 saturated carbocycles. The van der Waals surface area contributed by atoms with Crippen LogP contribution in [0.4, 0.5) is 4.79 Å². The fraction of sp³-hybridized carbons (Fsp3) is 0.667. The summed E-state index contributed by atoms with van der Waals surface area (Å²) in [5.41, 5.74) is 1.79. The number of hydrogen-bond acceptors (Lipinski definition) is 3. The first-order chi connectivity index (χ1) is 7.88. The largest absolute Gasteiger partial charge is 0.442 e. The molecular formula is C12H17IN2O2. The molecule has 1 aliphatic carbocycles. The van der Waals surface area contributed by atoms with E-state index >= 15 is 0 Å². The van der Waals surface area contributed by atoms with Crippen LogP contribution in [0.1, 0.15) is 44.9 Å². The van der Waals surface area contributed by atoms with E-state index in [2.05, 4.69) is 27.7 Å². The maximum atomic E-state index is 12.0. The van der Waals surface area contributed by atoms with Crippen molar-refractivity contribution in [1.82, 2.24) is 9.78 Å². The normalized spacial score (nSPS) is 15.5. The van der Waals surface area contributed by atoms with Gasteiger partial charge in [0.25, 0.3) is 0 Å². The van der Waals surface area contributed by atoms with Crippen LogP contribution in [0.25, 0.3) is 0 Å². The minimum absolute atomic E-state index is 0.362. The summed E-state index contributed by atoms with van der Waals surface area (Å²) in [7, 11) is 0. The monoisotopic (exact) mass is 348 g/mol. The van der Waals surface area contributed by atoms with E-state index in [-0.39, 0.29) is 6.09 Å². The maximum Gasteiger partial charge on any atom is 0.435 e. The predicted molar refractivity (Wildman–Crippen MR) is 73.2 cm³/mol. The third-order valence-corrected chi connectivity index (χ3v) is 3.56. The second kappa shape index (κ2) is 4.59. The maximum absolute atomic E-state index is 12.0. The van der Waals surface area contributed by atoms with Crippen molar-refractivity contribution >= 4 is 28.7 Å². The summed E-state index contributed by atoms with van der Waals surface area (Å²) >= 11 is 2.19. The molecule has 0 spiro atoms. The van der Waals surface area contributed by atoms with Crippen LogP contribution in [0.3, 0.4) is 0 Å². The van der Waals surface area contributed by atoms with Gasteiger partial charge in [0, 0.05) is 5.56 Å². The van der Waals surface area contributed by atoms with Gasteiger partial charge in [-0.2, -0.15) is 9.78 Å². The number of aromatic nitrogens is 2. The van der Waals surface area contributed by atoms with Gasteiger partial charge in [-0.05, 0) is 69.0 Å². The highest BCUT2D eigenvalue weighted by atomic mass is 127. The van der Waals surface area contributed by atoms with Crippen molar-refractivity contribution < 1.29 is 9.53 Å². The first-order valence-corrected chi connectivity index (χ1v) is 6.96. The van der Waals surface area contributed by atoms with Crippen molar-refractivity contribution in [3.63, 3.8) is 0 Å². The van der Waals surface area contributed by atoms with E-state index < -0.39 is 5.60 Å². The molecule has 0 aromatic carbocycles. The van der Waals surface area contributed by atoms with Gasteiger partial charge in [-0.15, -0.1) is 0 Å². The van der Waals surface area contributed by atoms with Gasteiger partial charge in [0.05, 0.1) is 5.69 Å². The summed E-state index contributed by atoms with van der Waals surface area (Å²) in [6, 6.07) is 0. The summed E-state index contributed by atoms with van der Waals surface area (Å²) in [6.07, 6.45) is 3.89. The van der Waals surface area contributed by atoms with Crippen molar-refractivity contribution in [3.05, 3.63) is 15.0 Å². The molecule has 1 aromatic rings. The Bertz CT molecular complexity index is 446. The molecule has 0 fully saturated rings. The summed E-state index contributed by atoms with van der Waals surface area (Å²) in [5.74, 6) is 0. The standard InChI is InChI=1S/C12H17IN2O2/c1-12(2,3)17-11(16)15-9-7-5-4-6-8(9)10(13)14-15/h4-7H2,1-3H3. The van der Waals surface area contributed by atoms with Crippen molar-refractivity contribution in [2.24, 2.45) is 0 Å². The predicted octanol–water partition coefficient (Wildman–Crippen LogP) is 3.15. The Morgan fingerprint density at radius 3 is 2.65 bits per heavy atom. The van der Waals surface area contributed by atoms with Gasteiger partial charge in [0.2, 0.25) is 0 Å². The second-order valence-corrected chi connectivity index (χ2v) is 6.34. The lowest BCUT2D eigenvalue weighted by atomic mass is 9.98. The minimum atomic E-state index is -0.476. The number of carbonyl (C=O) groups is 1. The van der Waals surface area contributed by atoms with E-state index in [1.54, 1.807) is 0 Å². The molecule has 1 aliphatic rings. The Morgan fingerprint density at radius 2 is 2.00 bits per heavy atom. The van der Waals surface area contributed by atoms with Crippen LogP contribution in [-0.4, -0.2) is 21.5 Å². The molecule has 4 nitrogen and oxygen atoms in total. The lowest BCUT2D eigenvalue weighted by molar-refractivity contribution is 0.0508. The molecule has 0 aliphatic heterocycles. The molecule has 5 heteroatoms. The number of fused-ring (bicyclic) bond motifs is 1. The quantitative estimate of drug-likeness (QED) is 0.677. The molecule has 1 aromatic heterocycles. The van der Waals surface area contributed by atoms with Crippen molar-refractivity contribution in [2.45, 2.75) is 52.1 Å². The molecule has 1 heterocycles. The Morgan fingerprint density at radius 1 is 1.35 bits per heavy atom. The summed E-state index contributed by atoms with van der Waals surface area (Å²) in [6.45, 7) is 5.60. The van der Waals surface area contributed by atoms with Gasteiger partial charge in [-0.25, -0.2) is 4.79 Å². The van der Waals surface area contributed by atoms with E-state index in [1.807, 2.05) is 20.8 Å². The minimum Gasteiger partial charge on any atom is -0.442 e. The van der Waals surface area contributed by atoms with Gasteiger partial charge in [-0.1, -0.05) is 0 Å². The average Bonchev–Trinajstić information content (AvgIpc) is 2.55. The fourth-order valence-corrected chi connectivity index (χ4v) is 2.81. The topological polar surface area (TPSA) is 44.1 Å². The molecule has 0 radical (unpaired) electrons. The van der Waals surface area contributed by atoms with Gasteiger partial charge >= 0.3 is 6.09 Å².